The third-order valence-corrected chi connectivity index (χ3v) is 6.42. The number of ether oxygens (including phenoxy) is 1. The topological polar surface area (TPSA) is 95.8 Å². The van der Waals surface area contributed by atoms with E-state index in [-0.39, 0.29) is 24.7 Å². The Morgan fingerprint density at radius 1 is 1.18 bits per heavy atom. The molecule has 34 heavy (non-hydrogen) atoms. The molecule has 5 rings (SSSR count). The van der Waals surface area contributed by atoms with Gasteiger partial charge in [0, 0.05) is 42.7 Å². The van der Waals surface area contributed by atoms with E-state index in [9.17, 15) is 14.7 Å². The first kappa shape index (κ1) is 22.0. The van der Waals surface area contributed by atoms with Crippen molar-refractivity contribution in [1.82, 2.24) is 9.88 Å². The molecule has 0 spiro atoms. The van der Waals surface area contributed by atoms with Crippen LogP contribution in [0.15, 0.2) is 69.9 Å². The van der Waals surface area contributed by atoms with Gasteiger partial charge in [0.2, 0.25) is 17.1 Å². The van der Waals surface area contributed by atoms with Crippen LogP contribution in [0.4, 0.5) is 0 Å². The van der Waals surface area contributed by atoms with E-state index in [1.165, 1.54) is 24.1 Å². The molecule has 1 atom stereocenters. The second-order valence-corrected chi connectivity index (χ2v) is 8.58. The van der Waals surface area contributed by atoms with Crippen molar-refractivity contribution in [1.29, 1.82) is 0 Å². The van der Waals surface area contributed by atoms with Crippen LogP contribution in [0.2, 0.25) is 0 Å². The number of aromatic nitrogens is 1. The summed E-state index contributed by atoms with van der Waals surface area (Å²) in [5, 5.41) is 11.8. The van der Waals surface area contributed by atoms with Gasteiger partial charge >= 0.3 is 0 Å². The molecule has 3 heterocycles. The number of amides is 1. The highest BCUT2D eigenvalue weighted by molar-refractivity contribution is 5.86. The van der Waals surface area contributed by atoms with Crippen LogP contribution in [0.1, 0.15) is 40.7 Å². The zero-order valence-corrected chi connectivity index (χ0v) is 18.9. The summed E-state index contributed by atoms with van der Waals surface area (Å²) in [6.45, 7) is 1.19. The van der Waals surface area contributed by atoms with E-state index in [2.05, 4.69) is 11.1 Å². The smallest absolute Gasteiger partial charge is 0.227 e. The summed E-state index contributed by atoms with van der Waals surface area (Å²) in [7, 11) is 1.50. The van der Waals surface area contributed by atoms with Crippen molar-refractivity contribution in [2.45, 2.75) is 31.9 Å². The van der Waals surface area contributed by atoms with Crippen LogP contribution >= 0.6 is 0 Å². The molecule has 0 unspecified atom stereocenters. The fourth-order valence-corrected chi connectivity index (χ4v) is 4.76. The predicted octanol–water partition coefficient (Wildman–Crippen LogP) is 4.08. The Bertz CT molecular complexity index is 1390. The number of carbonyl (C=O) groups excluding carboxylic acids is 1. The summed E-state index contributed by atoms with van der Waals surface area (Å²) in [5.41, 5.74) is 3.61. The predicted molar refractivity (Wildman–Crippen MR) is 128 cm³/mol. The molecule has 1 amide bonds. The van der Waals surface area contributed by atoms with Gasteiger partial charge in [-0.3, -0.25) is 9.59 Å². The van der Waals surface area contributed by atoms with Gasteiger partial charge < -0.3 is 24.1 Å². The Balaban J connectivity index is 1.46. The van der Waals surface area contributed by atoms with Crippen molar-refractivity contribution < 1.29 is 19.1 Å². The van der Waals surface area contributed by atoms with Gasteiger partial charge in [0.1, 0.15) is 12.4 Å². The van der Waals surface area contributed by atoms with Crippen molar-refractivity contribution in [3.05, 3.63) is 99.2 Å². The van der Waals surface area contributed by atoms with E-state index < -0.39 is 17.1 Å². The summed E-state index contributed by atoms with van der Waals surface area (Å²) in [4.78, 5) is 31.2. The highest BCUT2D eigenvalue weighted by Crippen LogP contribution is 2.35. The van der Waals surface area contributed by atoms with Crippen molar-refractivity contribution in [2.75, 3.05) is 13.7 Å². The molecule has 1 aliphatic heterocycles. The number of nitrogens with one attached hydrogen (secondary N) is 1. The summed E-state index contributed by atoms with van der Waals surface area (Å²) < 4.78 is 11.0. The molecule has 0 saturated heterocycles. The number of rotatable bonds is 6. The van der Waals surface area contributed by atoms with E-state index in [4.69, 9.17) is 9.15 Å². The van der Waals surface area contributed by atoms with Crippen molar-refractivity contribution in [3.8, 4) is 5.75 Å². The molecule has 7 heteroatoms. The van der Waals surface area contributed by atoms with Gasteiger partial charge in [-0.15, -0.1) is 0 Å². The molecule has 0 radical (unpaired) electrons. The van der Waals surface area contributed by atoms with Gasteiger partial charge in [-0.2, -0.15) is 0 Å². The van der Waals surface area contributed by atoms with Gasteiger partial charge in [-0.25, -0.2) is 0 Å². The zero-order valence-electron chi connectivity index (χ0n) is 18.9. The molecule has 7 nitrogen and oxygen atoms in total. The van der Waals surface area contributed by atoms with E-state index in [0.29, 0.717) is 18.8 Å². The SMILES string of the molecule is COCc1cc(=O)c(O)c([C@@H](CC(=O)N2CCc3c([nH]c4ccccc34)C2)c2ccccc2)o1. The minimum Gasteiger partial charge on any atom is -0.502 e. The second-order valence-electron chi connectivity index (χ2n) is 8.58. The molecule has 0 aliphatic carbocycles. The lowest BCUT2D eigenvalue weighted by Crippen LogP contribution is -2.36. The van der Waals surface area contributed by atoms with Crippen LogP contribution in [-0.2, 0) is 29.1 Å². The average Bonchev–Trinajstić information content (AvgIpc) is 3.23. The molecule has 0 bridgehead atoms. The number of para-hydroxylation sites is 1. The molecular formula is C27H26N2O5. The van der Waals surface area contributed by atoms with Gasteiger partial charge in [-0.1, -0.05) is 48.5 Å². The molecule has 1 aliphatic rings. The summed E-state index contributed by atoms with van der Waals surface area (Å²) >= 11 is 0. The van der Waals surface area contributed by atoms with E-state index in [1.807, 2.05) is 53.4 Å². The molecule has 2 aromatic carbocycles. The van der Waals surface area contributed by atoms with Gasteiger partial charge in [0.15, 0.2) is 5.76 Å². The lowest BCUT2D eigenvalue weighted by molar-refractivity contribution is -0.132. The molecule has 4 aromatic rings. The summed E-state index contributed by atoms with van der Waals surface area (Å²) in [6.07, 6.45) is 0.831. The van der Waals surface area contributed by atoms with Crippen molar-refractivity contribution in [3.63, 3.8) is 0 Å². The van der Waals surface area contributed by atoms with Gasteiger partial charge in [0.25, 0.3) is 0 Å². The molecule has 174 valence electrons. The monoisotopic (exact) mass is 458 g/mol. The number of aromatic amines is 1. The van der Waals surface area contributed by atoms with Crippen LogP contribution in [0.3, 0.4) is 0 Å². The van der Waals surface area contributed by atoms with E-state index in [1.54, 1.807) is 0 Å². The zero-order chi connectivity index (χ0) is 23.7. The third-order valence-electron chi connectivity index (χ3n) is 6.42. The van der Waals surface area contributed by atoms with E-state index in [0.717, 1.165) is 23.2 Å². The number of methoxy groups -OCH3 is 1. The highest BCUT2D eigenvalue weighted by atomic mass is 16.5. The fraction of sp³-hybridized carbons (Fsp3) is 0.259. The number of hydrogen-bond donors (Lipinski definition) is 2. The average molecular weight is 459 g/mol. The normalized spacial score (nSPS) is 14.2. The summed E-state index contributed by atoms with van der Waals surface area (Å²) in [6, 6.07) is 18.7. The van der Waals surface area contributed by atoms with Crippen LogP contribution < -0.4 is 5.43 Å². The number of fused-ring (bicyclic) bond motifs is 3. The fourth-order valence-electron chi connectivity index (χ4n) is 4.76. The maximum absolute atomic E-state index is 13.5. The maximum Gasteiger partial charge on any atom is 0.227 e. The maximum atomic E-state index is 13.5. The van der Waals surface area contributed by atoms with Crippen molar-refractivity contribution in [2.24, 2.45) is 0 Å². The van der Waals surface area contributed by atoms with Crippen LogP contribution in [0.25, 0.3) is 10.9 Å². The number of nitrogens with zero attached hydrogens (tertiary/aromatic N) is 1. The Kier molecular flexibility index (Phi) is 5.94. The second kappa shape index (κ2) is 9.19. The van der Waals surface area contributed by atoms with Crippen LogP contribution in [0, 0.1) is 0 Å². The standard InChI is InChI=1S/C27H26N2O5/c1-33-16-18-13-24(30)26(32)27(34-18)21(17-7-3-2-4-8-17)14-25(31)29-12-11-20-19-9-5-6-10-22(19)28-23(20)15-29/h2-10,13,21,28,32H,11-12,14-16H2,1H3/t21-/m0/s1. The number of aromatic hydroxyl groups is 1. The molecule has 2 N–H and O–H groups in total. The minimum absolute atomic E-state index is 0.0620. The van der Waals surface area contributed by atoms with E-state index >= 15 is 0 Å². The number of carbonyl (C=O) groups is 1. The lowest BCUT2D eigenvalue weighted by atomic mass is 9.91. The Hall–Kier alpha value is -3.84. The first-order chi connectivity index (χ1) is 16.5. The first-order valence-electron chi connectivity index (χ1n) is 11.3. The Labute approximate surface area is 196 Å². The Morgan fingerprint density at radius 2 is 1.94 bits per heavy atom. The van der Waals surface area contributed by atoms with Crippen molar-refractivity contribution >= 4 is 16.8 Å². The van der Waals surface area contributed by atoms with Crippen LogP contribution in [0.5, 0.6) is 5.75 Å². The number of H-pyrrole nitrogens is 1. The first-order valence-corrected chi connectivity index (χ1v) is 11.3. The molecular weight excluding hydrogens is 432 g/mol. The quantitative estimate of drug-likeness (QED) is 0.454. The number of hydrogen-bond acceptors (Lipinski definition) is 5. The number of benzene rings is 2. The minimum atomic E-state index is -0.609. The molecule has 0 fully saturated rings. The van der Waals surface area contributed by atoms with Gasteiger partial charge in [-0.05, 0) is 23.6 Å². The highest BCUT2D eigenvalue weighted by Gasteiger charge is 2.30. The molecule has 0 saturated carbocycles. The Morgan fingerprint density at radius 3 is 2.74 bits per heavy atom. The third kappa shape index (κ3) is 4.10. The summed E-state index contributed by atoms with van der Waals surface area (Å²) in [5.74, 6) is -0.769. The van der Waals surface area contributed by atoms with Gasteiger partial charge in [0.05, 0.1) is 12.5 Å². The largest absolute Gasteiger partial charge is 0.502 e. The molecule has 2 aromatic heterocycles. The lowest BCUT2D eigenvalue weighted by Gasteiger charge is -2.29. The van der Waals surface area contributed by atoms with Crippen LogP contribution in [-0.4, -0.2) is 34.6 Å².